The highest BCUT2D eigenvalue weighted by atomic mass is 79.9. The molecule has 0 saturated carbocycles. The van der Waals surface area contributed by atoms with Gasteiger partial charge in [0.25, 0.3) is 5.91 Å². The maximum absolute atomic E-state index is 13.3. The van der Waals surface area contributed by atoms with Crippen LogP contribution in [0.15, 0.2) is 47.2 Å². The van der Waals surface area contributed by atoms with Crippen LogP contribution in [0.2, 0.25) is 0 Å². The van der Waals surface area contributed by atoms with E-state index in [9.17, 15) is 9.18 Å². The molecule has 1 aromatic carbocycles. The number of nitrogens with zero attached hydrogens (tertiary/aromatic N) is 1. The van der Waals surface area contributed by atoms with Crippen molar-refractivity contribution in [2.24, 2.45) is 0 Å². The molecule has 2 rings (SSSR count). The monoisotopic (exact) mass is 338 g/mol. The van der Waals surface area contributed by atoms with Crippen molar-refractivity contribution in [2.75, 3.05) is 13.2 Å². The van der Waals surface area contributed by atoms with Crippen LogP contribution in [0.1, 0.15) is 10.4 Å². The minimum atomic E-state index is -0.421. The van der Waals surface area contributed by atoms with Crippen LogP contribution in [0, 0.1) is 5.82 Å². The third kappa shape index (κ3) is 4.03. The number of hydrogen-bond acceptors (Lipinski definition) is 3. The standard InChI is InChI=1S/C14H12BrFN2O2/c15-11-7-10(8-17-9-11)14(19)18-5-6-20-13-4-2-1-3-12(13)16/h1-4,7-9H,5-6H2,(H,18,19). The fourth-order valence-corrected chi connectivity index (χ4v) is 1.89. The topological polar surface area (TPSA) is 51.2 Å². The lowest BCUT2D eigenvalue weighted by Crippen LogP contribution is -2.28. The summed E-state index contributed by atoms with van der Waals surface area (Å²) in [6.07, 6.45) is 3.07. The molecule has 2 aromatic rings. The van der Waals surface area contributed by atoms with Crippen molar-refractivity contribution < 1.29 is 13.9 Å². The van der Waals surface area contributed by atoms with Gasteiger partial charge in [-0.25, -0.2) is 4.39 Å². The van der Waals surface area contributed by atoms with Crippen molar-refractivity contribution in [2.45, 2.75) is 0 Å². The zero-order valence-corrected chi connectivity index (χ0v) is 12.1. The van der Waals surface area contributed by atoms with Crippen molar-refractivity contribution in [1.29, 1.82) is 0 Å². The van der Waals surface area contributed by atoms with Gasteiger partial charge in [-0.15, -0.1) is 0 Å². The number of rotatable bonds is 5. The number of carbonyl (C=O) groups excluding carboxylic acids is 1. The van der Waals surface area contributed by atoms with E-state index in [0.29, 0.717) is 5.56 Å². The van der Waals surface area contributed by atoms with Crippen LogP contribution in [0.25, 0.3) is 0 Å². The van der Waals surface area contributed by atoms with Gasteiger partial charge in [0.1, 0.15) is 6.61 Å². The van der Waals surface area contributed by atoms with Crippen LogP contribution >= 0.6 is 15.9 Å². The average molecular weight is 339 g/mol. The van der Waals surface area contributed by atoms with Crippen molar-refractivity contribution >= 4 is 21.8 Å². The Morgan fingerprint density at radius 3 is 2.90 bits per heavy atom. The highest BCUT2D eigenvalue weighted by Crippen LogP contribution is 2.14. The summed E-state index contributed by atoms with van der Waals surface area (Å²) in [4.78, 5) is 15.7. The first-order valence-corrected chi connectivity index (χ1v) is 6.72. The first kappa shape index (κ1) is 14.5. The Bertz CT molecular complexity index is 607. The van der Waals surface area contributed by atoms with E-state index in [1.807, 2.05) is 0 Å². The first-order valence-electron chi connectivity index (χ1n) is 5.93. The highest BCUT2D eigenvalue weighted by Gasteiger charge is 2.06. The molecule has 1 amide bonds. The molecule has 0 aliphatic carbocycles. The van der Waals surface area contributed by atoms with Crippen molar-refractivity contribution in [3.05, 3.63) is 58.6 Å². The predicted molar refractivity (Wildman–Crippen MR) is 76.2 cm³/mol. The van der Waals surface area contributed by atoms with Crippen LogP contribution in [-0.4, -0.2) is 24.0 Å². The number of ether oxygens (including phenoxy) is 1. The van der Waals surface area contributed by atoms with Gasteiger partial charge in [0.05, 0.1) is 12.1 Å². The SMILES string of the molecule is O=C(NCCOc1ccccc1F)c1cncc(Br)c1. The maximum Gasteiger partial charge on any atom is 0.253 e. The van der Waals surface area contributed by atoms with E-state index in [1.54, 1.807) is 24.4 Å². The van der Waals surface area contributed by atoms with E-state index in [2.05, 4.69) is 26.2 Å². The molecule has 6 heteroatoms. The first-order chi connectivity index (χ1) is 9.66. The molecule has 0 fully saturated rings. The lowest BCUT2D eigenvalue weighted by molar-refractivity contribution is 0.0946. The fourth-order valence-electron chi connectivity index (χ4n) is 1.53. The third-order valence-corrected chi connectivity index (χ3v) is 2.88. The zero-order valence-electron chi connectivity index (χ0n) is 10.5. The van der Waals surface area contributed by atoms with E-state index in [1.165, 1.54) is 18.3 Å². The van der Waals surface area contributed by atoms with E-state index >= 15 is 0 Å². The number of pyridine rings is 1. The molecule has 0 bridgehead atoms. The highest BCUT2D eigenvalue weighted by molar-refractivity contribution is 9.10. The van der Waals surface area contributed by atoms with Gasteiger partial charge in [0, 0.05) is 16.9 Å². The van der Waals surface area contributed by atoms with Gasteiger partial charge in [-0.1, -0.05) is 12.1 Å². The zero-order chi connectivity index (χ0) is 14.4. The third-order valence-electron chi connectivity index (χ3n) is 2.45. The molecule has 104 valence electrons. The Labute approximate surface area is 124 Å². The second kappa shape index (κ2) is 7.00. The number of hydrogen-bond donors (Lipinski definition) is 1. The molecule has 1 N–H and O–H groups in total. The largest absolute Gasteiger partial charge is 0.489 e. The molecule has 4 nitrogen and oxygen atoms in total. The summed E-state index contributed by atoms with van der Waals surface area (Å²) in [5.41, 5.74) is 0.449. The summed E-state index contributed by atoms with van der Waals surface area (Å²) < 4.78 is 19.2. The number of aromatic nitrogens is 1. The molecule has 0 unspecified atom stereocenters. The van der Waals surface area contributed by atoms with Gasteiger partial charge in [-0.2, -0.15) is 0 Å². The molecule has 0 saturated heterocycles. The van der Waals surface area contributed by atoms with E-state index in [-0.39, 0.29) is 24.8 Å². The summed E-state index contributed by atoms with van der Waals surface area (Å²) in [7, 11) is 0. The number of amides is 1. The number of carbonyl (C=O) groups is 1. The van der Waals surface area contributed by atoms with Crippen molar-refractivity contribution in [3.8, 4) is 5.75 Å². The average Bonchev–Trinajstić information content (AvgIpc) is 2.45. The smallest absolute Gasteiger partial charge is 0.253 e. The quantitative estimate of drug-likeness (QED) is 0.853. The van der Waals surface area contributed by atoms with E-state index < -0.39 is 5.82 Å². The number of para-hydroxylation sites is 1. The molecule has 1 heterocycles. The molecular weight excluding hydrogens is 327 g/mol. The Balaban J connectivity index is 1.79. The number of halogens is 2. The van der Waals surface area contributed by atoms with Gasteiger partial charge in [-0.3, -0.25) is 9.78 Å². The molecule has 1 aromatic heterocycles. The van der Waals surface area contributed by atoms with Crippen LogP contribution in [0.5, 0.6) is 5.75 Å². The predicted octanol–water partition coefficient (Wildman–Crippen LogP) is 2.79. The molecule has 0 aliphatic heterocycles. The molecule has 0 atom stereocenters. The number of benzene rings is 1. The summed E-state index contributed by atoms with van der Waals surface area (Å²) >= 11 is 3.24. The van der Waals surface area contributed by atoms with Gasteiger partial charge >= 0.3 is 0 Å². The van der Waals surface area contributed by atoms with Gasteiger partial charge < -0.3 is 10.1 Å². The normalized spacial score (nSPS) is 10.1. The minimum Gasteiger partial charge on any atom is -0.489 e. The number of nitrogens with one attached hydrogen (secondary N) is 1. The molecule has 0 spiro atoms. The van der Waals surface area contributed by atoms with Gasteiger partial charge in [0.15, 0.2) is 11.6 Å². The summed E-state index contributed by atoms with van der Waals surface area (Å²) in [6, 6.07) is 7.80. The van der Waals surface area contributed by atoms with E-state index in [4.69, 9.17) is 4.74 Å². The summed E-state index contributed by atoms with van der Waals surface area (Å²) in [5, 5.41) is 2.67. The van der Waals surface area contributed by atoms with Gasteiger partial charge in [-0.05, 0) is 34.1 Å². The van der Waals surface area contributed by atoms with Crippen LogP contribution in [0.4, 0.5) is 4.39 Å². The van der Waals surface area contributed by atoms with Crippen LogP contribution in [-0.2, 0) is 0 Å². The molecule has 20 heavy (non-hydrogen) atoms. The summed E-state index contributed by atoms with van der Waals surface area (Å²) in [5.74, 6) is -0.503. The Hall–Kier alpha value is -1.95. The molecule has 0 aliphatic rings. The summed E-state index contributed by atoms with van der Waals surface area (Å²) in [6.45, 7) is 0.466. The van der Waals surface area contributed by atoms with Gasteiger partial charge in [0.2, 0.25) is 0 Å². The fraction of sp³-hybridized carbons (Fsp3) is 0.143. The Kier molecular flexibility index (Phi) is 5.06. The lowest BCUT2D eigenvalue weighted by Gasteiger charge is -2.08. The van der Waals surface area contributed by atoms with Crippen LogP contribution in [0.3, 0.4) is 0 Å². The lowest BCUT2D eigenvalue weighted by atomic mass is 10.3. The Morgan fingerprint density at radius 1 is 1.35 bits per heavy atom. The second-order valence-electron chi connectivity index (χ2n) is 3.93. The van der Waals surface area contributed by atoms with E-state index in [0.717, 1.165) is 4.47 Å². The molecule has 0 radical (unpaired) electrons. The molecular formula is C14H12BrFN2O2. The second-order valence-corrected chi connectivity index (χ2v) is 4.84. The minimum absolute atomic E-state index is 0.172. The van der Waals surface area contributed by atoms with Crippen LogP contribution < -0.4 is 10.1 Å². The Morgan fingerprint density at radius 2 is 2.15 bits per heavy atom. The maximum atomic E-state index is 13.3. The van der Waals surface area contributed by atoms with Crippen molar-refractivity contribution in [3.63, 3.8) is 0 Å². The van der Waals surface area contributed by atoms with Crippen molar-refractivity contribution in [1.82, 2.24) is 10.3 Å².